The van der Waals surface area contributed by atoms with Crippen LogP contribution in [0.2, 0.25) is 0 Å². The van der Waals surface area contributed by atoms with Gasteiger partial charge in [0.2, 0.25) is 0 Å². The molecule has 0 aliphatic carbocycles. The molecule has 1 fully saturated rings. The second-order valence-corrected chi connectivity index (χ2v) is 5.31. The van der Waals surface area contributed by atoms with Gasteiger partial charge in [0.05, 0.1) is 20.1 Å². The molecular weight excluding hydrogens is 258 g/mol. The van der Waals surface area contributed by atoms with Gasteiger partial charge in [0.25, 0.3) is 0 Å². The summed E-state index contributed by atoms with van der Waals surface area (Å²) in [6.07, 6.45) is 0.447. The summed E-state index contributed by atoms with van der Waals surface area (Å²) in [4.78, 5) is 18.4. The summed E-state index contributed by atoms with van der Waals surface area (Å²) in [6.45, 7) is 8.87. The summed E-state index contributed by atoms with van der Waals surface area (Å²) < 4.78 is 9.83. The highest BCUT2D eigenvalue weighted by atomic mass is 16.5. The number of ether oxygens (including phenoxy) is 2. The SMILES string of the molecule is COCCN(CCC(=O)OC)CCN1CCN(C)CC1. The van der Waals surface area contributed by atoms with Gasteiger partial charge < -0.3 is 14.4 Å². The maximum absolute atomic E-state index is 11.2. The van der Waals surface area contributed by atoms with Crippen molar-refractivity contribution < 1.29 is 14.3 Å². The van der Waals surface area contributed by atoms with Gasteiger partial charge >= 0.3 is 5.97 Å². The Kier molecular flexibility index (Phi) is 8.77. The van der Waals surface area contributed by atoms with Gasteiger partial charge in [-0.25, -0.2) is 0 Å². The molecule has 0 aromatic carbocycles. The summed E-state index contributed by atoms with van der Waals surface area (Å²) in [7, 11) is 5.31. The third kappa shape index (κ3) is 7.19. The quantitative estimate of drug-likeness (QED) is 0.545. The lowest BCUT2D eigenvalue weighted by atomic mass is 10.3. The molecule has 0 atom stereocenters. The maximum atomic E-state index is 11.2. The largest absolute Gasteiger partial charge is 0.469 e. The number of piperazine rings is 1. The van der Waals surface area contributed by atoms with E-state index >= 15 is 0 Å². The molecule has 0 aromatic rings. The molecule has 0 bridgehead atoms. The van der Waals surface area contributed by atoms with Gasteiger partial charge in [-0.15, -0.1) is 0 Å². The van der Waals surface area contributed by atoms with Gasteiger partial charge in [0.15, 0.2) is 0 Å². The van der Waals surface area contributed by atoms with Crippen LogP contribution in [0.4, 0.5) is 0 Å². The number of hydrogen-bond donors (Lipinski definition) is 0. The fourth-order valence-electron chi connectivity index (χ4n) is 2.26. The molecule has 6 heteroatoms. The van der Waals surface area contributed by atoms with Crippen LogP contribution < -0.4 is 0 Å². The van der Waals surface area contributed by atoms with Gasteiger partial charge in [-0.05, 0) is 7.05 Å². The van der Waals surface area contributed by atoms with E-state index in [2.05, 4.69) is 21.7 Å². The third-order valence-corrected chi connectivity index (χ3v) is 3.80. The predicted octanol–water partition coefficient (Wildman–Crippen LogP) is -0.255. The van der Waals surface area contributed by atoms with E-state index in [0.29, 0.717) is 13.0 Å². The molecule has 0 saturated carbocycles. The second-order valence-electron chi connectivity index (χ2n) is 5.31. The highest BCUT2D eigenvalue weighted by Crippen LogP contribution is 2.01. The van der Waals surface area contributed by atoms with Crippen LogP contribution in [0.25, 0.3) is 0 Å². The van der Waals surface area contributed by atoms with Gasteiger partial charge in [0, 0.05) is 59.5 Å². The van der Waals surface area contributed by atoms with Gasteiger partial charge in [-0.3, -0.25) is 14.6 Å². The van der Waals surface area contributed by atoms with E-state index in [1.165, 1.54) is 7.11 Å². The van der Waals surface area contributed by atoms with Crippen LogP contribution in [0, 0.1) is 0 Å². The van der Waals surface area contributed by atoms with Crippen molar-refractivity contribution in [1.29, 1.82) is 0 Å². The monoisotopic (exact) mass is 287 g/mol. The summed E-state index contributed by atoms with van der Waals surface area (Å²) in [5.74, 6) is -0.146. The van der Waals surface area contributed by atoms with Crippen molar-refractivity contribution in [2.45, 2.75) is 6.42 Å². The molecule has 0 spiro atoms. The van der Waals surface area contributed by atoms with Crippen molar-refractivity contribution in [2.75, 3.05) is 80.2 Å². The smallest absolute Gasteiger partial charge is 0.306 e. The normalized spacial score (nSPS) is 17.6. The Hall–Kier alpha value is -0.690. The average Bonchev–Trinajstić information content (AvgIpc) is 2.47. The minimum Gasteiger partial charge on any atom is -0.469 e. The zero-order valence-corrected chi connectivity index (χ0v) is 13.1. The Morgan fingerprint density at radius 3 is 2.40 bits per heavy atom. The summed E-state index contributed by atoms with van der Waals surface area (Å²) in [5.41, 5.74) is 0. The Balaban J connectivity index is 2.26. The van der Waals surface area contributed by atoms with E-state index < -0.39 is 0 Å². The van der Waals surface area contributed by atoms with Crippen molar-refractivity contribution in [2.24, 2.45) is 0 Å². The zero-order valence-electron chi connectivity index (χ0n) is 13.1. The van der Waals surface area contributed by atoms with Crippen LogP contribution in [0.3, 0.4) is 0 Å². The molecule has 1 heterocycles. The topological polar surface area (TPSA) is 45.2 Å². The first-order valence-corrected chi connectivity index (χ1v) is 7.34. The number of nitrogens with zero attached hydrogens (tertiary/aromatic N) is 3. The second kappa shape index (κ2) is 10.1. The number of hydrogen-bond acceptors (Lipinski definition) is 6. The van der Waals surface area contributed by atoms with Crippen molar-refractivity contribution in [3.8, 4) is 0 Å². The van der Waals surface area contributed by atoms with Crippen LogP contribution in [-0.2, 0) is 14.3 Å². The van der Waals surface area contributed by atoms with Crippen molar-refractivity contribution in [3.05, 3.63) is 0 Å². The van der Waals surface area contributed by atoms with Crippen molar-refractivity contribution in [1.82, 2.24) is 14.7 Å². The lowest BCUT2D eigenvalue weighted by Crippen LogP contribution is -2.47. The maximum Gasteiger partial charge on any atom is 0.306 e. The van der Waals surface area contributed by atoms with Gasteiger partial charge in [-0.1, -0.05) is 0 Å². The van der Waals surface area contributed by atoms with E-state index in [9.17, 15) is 4.79 Å². The number of esters is 1. The minimum absolute atomic E-state index is 0.146. The van der Waals surface area contributed by atoms with E-state index in [4.69, 9.17) is 9.47 Å². The average molecular weight is 287 g/mol. The molecule has 0 N–H and O–H groups in total. The predicted molar refractivity (Wildman–Crippen MR) is 78.9 cm³/mol. The molecular formula is C14H29N3O3. The molecule has 1 aliphatic rings. The molecule has 1 rings (SSSR count). The Labute approximate surface area is 122 Å². The molecule has 20 heavy (non-hydrogen) atoms. The standard InChI is InChI=1S/C14H29N3O3/c1-15-6-8-17(9-7-15)11-10-16(12-13-19-2)5-4-14(18)20-3/h4-13H2,1-3H3. The molecule has 118 valence electrons. The fraction of sp³-hybridized carbons (Fsp3) is 0.929. The number of methoxy groups -OCH3 is 2. The molecule has 0 radical (unpaired) electrons. The highest BCUT2D eigenvalue weighted by molar-refractivity contribution is 5.69. The van der Waals surface area contributed by atoms with Crippen molar-refractivity contribution >= 4 is 5.97 Å². The third-order valence-electron chi connectivity index (χ3n) is 3.80. The lowest BCUT2D eigenvalue weighted by Gasteiger charge is -2.33. The fourth-order valence-corrected chi connectivity index (χ4v) is 2.26. The first kappa shape index (κ1) is 17.4. The molecule has 0 amide bonds. The van der Waals surface area contributed by atoms with Crippen LogP contribution in [-0.4, -0.2) is 101 Å². The minimum atomic E-state index is -0.146. The molecule has 1 aliphatic heterocycles. The molecule has 0 unspecified atom stereocenters. The van der Waals surface area contributed by atoms with E-state index in [-0.39, 0.29) is 5.97 Å². The number of carbonyl (C=O) groups excluding carboxylic acids is 1. The van der Waals surface area contributed by atoms with Gasteiger partial charge in [0.1, 0.15) is 0 Å². The Bertz CT molecular complexity index is 268. The van der Waals surface area contributed by atoms with Crippen molar-refractivity contribution in [3.63, 3.8) is 0 Å². The van der Waals surface area contributed by atoms with E-state index in [0.717, 1.165) is 52.4 Å². The lowest BCUT2D eigenvalue weighted by molar-refractivity contribution is -0.141. The van der Waals surface area contributed by atoms with E-state index in [1.807, 2.05) is 0 Å². The van der Waals surface area contributed by atoms with E-state index in [1.54, 1.807) is 7.11 Å². The summed E-state index contributed by atoms with van der Waals surface area (Å²) in [5, 5.41) is 0. The van der Waals surface area contributed by atoms with Crippen LogP contribution in [0.15, 0.2) is 0 Å². The molecule has 1 saturated heterocycles. The highest BCUT2D eigenvalue weighted by Gasteiger charge is 2.15. The number of rotatable bonds is 9. The molecule has 6 nitrogen and oxygen atoms in total. The molecule has 0 aromatic heterocycles. The first-order valence-electron chi connectivity index (χ1n) is 7.34. The zero-order chi connectivity index (χ0) is 14.8. The Morgan fingerprint density at radius 1 is 1.10 bits per heavy atom. The van der Waals surface area contributed by atoms with Crippen LogP contribution >= 0.6 is 0 Å². The van der Waals surface area contributed by atoms with Crippen LogP contribution in [0.1, 0.15) is 6.42 Å². The number of carbonyl (C=O) groups is 1. The van der Waals surface area contributed by atoms with Gasteiger partial charge in [-0.2, -0.15) is 0 Å². The van der Waals surface area contributed by atoms with Crippen LogP contribution in [0.5, 0.6) is 0 Å². The summed E-state index contributed by atoms with van der Waals surface area (Å²) >= 11 is 0. The summed E-state index contributed by atoms with van der Waals surface area (Å²) in [6, 6.07) is 0. The number of likely N-dealkylation sites (N-methyl/N-ethyl adjacent to an activating group) is 1. The first-order chi connectivity index (χ1) is 9.65. The Morgan fingerprint density at radius 2 is 1.80 bits per heavy atom.